The van der Waals surface area contributed by atoms with Crippen molar-refractivity contribution in [3.8, 4) is 6.07 Å². The van der Waals surface area contributed by atoms with Gasteiger partial charge in [0.05, 0.1) is 36.0 Å². The molecule has 1 aliphatic carbocycles. The van der Waals surface area contributed by atoms with Gasteiger partial charge in [0.25, 0.3) is 0 Å². The largest absolute Gasteiger partial charge is 0.329 e. The molecule has 1 spiro atoms. The predicted molar refractivity (Wildman–Crippen MR) is 137 cm³/mol. The summed E-state index contributed by atoms with van der Waals surface area (Å²) in [6.45, 7) is 1.65. The Morgan fingerprint density at radius 2 is 1.97 bits per heavy atom. The first-order chi connectivity index (χ1) is 17.2. The quantitative estimate of drug-likeness (QED) is 0.472. The minimum Gasteiger partial charge on any atom is -0.329 e. The minimum absolute atomic E-state index is 0.0499. The number of aromatic nitrogens is 2. The number of anilines is 1. The van der Waals surface area contributed by atoms with Crippen LogP contribution < -0.4 is 4.90 Å². The van der Waals surface area contributed by atoms with Crippen LogP contribution in [-0.2, 0) is 27.7 Å². The second kappa shape index (κ2) is 9.36. The number of nitriles is 1. The number of amides is 1. The summed E-state index contributed by atoms with van der Waals surface area (Å²) in [6.07, 6.45) is 5.51. The molecule has 1 saturated heterocycles. The topological polar surface area (TPSA) is 99.3 Å². The molecule has 2 aromatic carbocycles. The number of hydrogen-bond donors (Lipinski definition) is 0. The number of hydrogen-bond acceptors (Lipinski definition) is 6. The van der Waals surface area contributed by atoms with E-state index in [1.807, 2.05) is 28.8 Å². The molecule has 3 aromatic rings. The molecule has 2 unspecified atom stereocenters. The predicted octanol–water partition coefficient (Wildman–Crippen LogP) is 3.11. The van der Waals surface area contributed by atoms with Crippen molar-refractivity contribution in [3.05, 3.63) is 82.9 Å². The lowest BCUT2D eigenvalue weighted by atomic mass is 10.1. The molecule has 186 valence electrons. The monoisotopic (exact) mass is 523 g/mol. The fourth-order valence-electron chi connectivity index (χ4n) is 5.19. The number of nitrogens with zero attached hydrogens (tertiary/aromatic N) is 5. The van der Waals surface area contributed by atoms with Crippen LogP contribution in [0.4, 0.5) is 5.69 Å². The third-order valence-electron chi connectivity index (χ3n) is 7.10. The SMILES string of the molecule is CS(=O)(=O)CC1CC12CN(c1cccc(Cl)c1)C(=O)CN2Cc1cncn1Cc1ccc(C#N)cc1. The summed E-state index contributed by atoms with van der Waals surface area (Å²) in [4.78, 5) is 21.5. The first kappa shape index (κ1) is 24.5. The number of carbonyl (C=O) groups excluding carboxylic acids is 1. The van der Waals surface area contributed by atoms with Gasteiger partial charge in [0.2, 0.25) is 5.91 Å². The van der Waals surface area contributed by atoms with Crippen molar-refractivity contribution in [3.63, 3.8) is 0 Å². The van der Waals surface area contributed by atoms with Crippen LogP contribution in [0.2, 0.25) is 5.02 Å². The molecular formula is C26H26ClN5O3S. The van der Waals surface area contributed by atoms with Gasteiger partial charge in [0.15, 0.2) is 0 Å². The van der Waals surface area contributed by atoms with Gasteiger partial charge in [0, 0.05) is 48.3 Å². The van der Waals surface area contributed by atoms with Gasteiger partial charge >= 0.3 is 0 Å². The van der Waals surface area contributed by atoms with Crippen LogP contribution in [0.5, 0.6) is 0 Å². The molecule has 0 N–H and O–H groups in total. The molecule has 2 heterocycles. The third-order valence-corrected chi connectivity index (χ3v) is 8.34. The highest BCUT2D eigenvalue weighted by atomic mass is 35.5. The van der Waals surface area contributed by atoms with Gasteiger partial charge in [-0.05, 0) is 48.2 Å². The minimum atomic E-state index is -3.17. The van der Waals surface area contributed by atoms with E-state index < -0.39 is 15.4 Å². The smallest absolute Gasteiger partial charge is 0.241 e. The molecule has 1 aliphatic heterocycles. The molecule has 1 aromatic heterocycles. The van der Waals surface area contributed by atoms with Crippen molar-refractivity contribution in [1.29, 1.82) is 5.26 Å². The lowest BCUT2D eigenvalue weighted by molar-refractivity contribution is -0.123. The van der Waals surface area contributed by atoms with E-state index in [9.17, 15) is 13.2 Å². The Labute approximate surface area is 215 Å². The van der Waals surface area contributed by atoms with Crippen molar-refractivity contribution in [2.45, 2.75) is 25.0 Å². The molecular weight excluding hydrogens is 498 g/mol. The van der Waals surface area contributed by atoms with E-state index in [0.717, 1.165) is 16.9 Å². The fraction of sp³-hybridized carbons (Fsp3) is 0.346. The van der Waals surface area contributed by atoms with Crippen molar-refractivity contribution in [2.24, 2.45) is 5.92 Å². The molecule has 10 heteroatoms. The maximum atomic E-state index is 13.3. The number of rotatable bonds is 7. The van der Waals surface area contributed by atoms with Crippen molar-refractivity contribution in [2.75, 3.05) is 30.0 Å². The van der Waals surface area contributed by atoms with Crippen molar-refractivity contribution in [1.82, 2.24) is 14.5 Å². The zero-order valence-corrected chi connectivity index (χ0v) is 21.4. The Hall–Kier alpha value is -3.19. The Balaban J connectivity index is 1.40. The van der Waals surface area contributed by atoms with Gasteiger partial charge < -0.3 is 9.47 Å². The number of sulfone groups is 1. The first-order valence-corrected chi connectivity index (χ1v) is 14.1. The summed E-state index contributed by atoms with van der Waals surface area (Å²) in [7, 11) is -3.17. The molecule has 2 fully saturated rings. The highest BCUT2D eigenvalue weighted by Gasteiger charge is 2.62. The fourth-order valence-corrected chi connectivity index (χ4v) is 6.53. The summed E-state index contributed by atoms with van der Waals surface area (Å²) in [5.41, 5.74) is 2.87. The van der Waals surface area contributed by atoms with E-state index in [4.69, 9.17) is 16.9 Å². The van der Waals surface area contributed by atoms with Crippen molar-refractivity contribution < 1.29 is 13.2 Å². The number of benzene rings is 2. The molecule has 36 heavy (non-hydrogen) atoms. The van der Waals surface area contributed by atoms with E-state index >= 15 is 0 Å². The van der Waals surface area contributed by atoms with Gasteiger partial charge in [0.1, 0.15) is 9.84 Å². The second-order valence-corrected chi connectivity index (χ2v) is 12.4. The molecule has 2 aliphatic rings. The molecule has 1 amide bonds. The van der Waals surface area contributed by atoms with Crippen LogP contribution in [0.25, 0.3) is 0 Å². The Kier molecular flexibility index (Phi) is 6.37. The number of carbonyl (C=O) groups is 1. The van der Waals surface area contributed by atoms with E-state index in [-0.39, 0.29) is 24.1 Å². The van der Waals surface area contributed by atoms with Gasteiger partial charge in [-0.25, -0.2) is 13.4 Å². The van der Waals surface area contributed by atoms with Crippen molar-refractivity contribution >= 4 is 33.0 Å². The number of imidazole rings is 1. The van der Waals surface area contributed by atoms with Gasteiger partial charge in [-0.2, -0.15) is 5.26 Å². The second-order valence-electron chi connectivity index (χ2n) is 9.73. The molecule has 2 atom stereocenters. The lowest BCUT2D eigenvalue weighted by Gasteiger charge is -2.42. The van der Waals surface area contributed by atoms with E-state index in [2.05, 4.69) is 16.0 Å². The Morgan fingerprint density at radius 1 is 1.19 bits per heavy atom. The van der Waals surface area contributed by atoms with E-state index in [1.54, 1.807) is 41.7 Å². The Bertz CT molecular complexity index is 1450. The van der Waals surface area contributed by atoms with E-state index in [1.165, 1.54) is 6.26 Å². The summed E-state index contributed by atoms with van der Waals surface area (Å²) in [6, 6.07) is 16.7. The number of halogens is 1. The summed E-state index contributed by atoms with van der Waals surface area (Å²) < 4.78 is 26.3. The third kappa shape index (κ3) is 5.03. The zero-order valence-electron chi connectivity index (χ0n) is 19.8. The van der Waals surface area contributed by atoms with E-state index in [0.29, 0.717) is 36.6 Å². The summed E-state index contributed by atoms with van der Waals surface area (Å²) in [5.74, 6) is -0.0192. The summed E-state index contributed by atoms with van der Waals surface area (Å²) in [5, 5.41) is 9.59. The maximum Gasteiger partial charge on any atom is 0.241 e. The van der Waals surface area contributed by atoms with Gasteiger partial charge in [-0.15, -0.1) is 0 Å². The van der Waals surface area contributed by atoms with Crippen LogP contribution in [0.3, 0.4) is 0 Å². The van der Waals surface area contributed by atoms with Crippen LogP contribution in [0, 0.1) is 17.2 Å². The van der Waals surface area contributed by atoms with Gasteiger partial charge in [-0.3, -0.25) is 9.69 Å². The number of piperazine rings is 1. The van der Waals surface area contributed by atoms with Crippen LogP contribution in [-0.4, -0.2) is 59.4 Å². The highest BCUT2D eigenvalue weighted by Crippen LogP contribution is 2.52. The molecule has 0 radical (unpaired) electrons. The maximum absolute atomic E-state index is 13.3. The Morgan fingerprint density at radius 3 is 2.67 bits per heavy atom. The zero-order chi connectivity index (χ0) is 25.5. The van der Waals surface area contributed by atoms with Crippen LogP contribution in [0.1, 0.15) is 23.2 Å². The van der Waals surface area contributed by atoms with Crippen LogP contribution in [0.15, 0.2) is 61.1 Å². The standard InChI is InChI=1S/C26H26ClN5O3S/c1-36(34,35)16-21-10-26(21)17-32(23-4-2-3-22(27)9-23)25(33)15-31(26)14-24-12-29-18-30(24)13-20-7-5-19(11-28)6-8-20/h2-9,12,18,21H,10,13-17H2,1H3. The van der Waals surface area contributed by atoms with Gasteiger partial charge in [-0.1, -0.05) is 29.8 Å². The molecule has 0 bridgehead atoms. The molecule has 8 nitrogen and oxygen atoms in total. The highest BCUT2D eigenvalue weighted by molar-refractivity contribution is 7.90. The molecule has 5 rings (SSSR count). The molecule has 1 saturated carbocycles. The average Bonchev–Trinajstić information content (AvgIpc) is 3.30. The average molecular weight is 524 g/mol. The summed E-state index contributed by atoms with van der Waals surface area (Å²) >= 11 is 6.19. The lowest BCUT2D eigenvalue weighted by Crippen LogP contribution is -2.59. The normalized spacial score (nSPS) is 22.1. The first-order valence-electron chi connectivity index (χ1n) is 11.6. The van der Waals surface area contributed by atoms with Crippen LogP contribution >= 0.6 is 11.6 Å².